The van der Waals surface area contributed by atoms with E-state index < -0.39 is 0 Å². The fourth-order valence-corrected chi connectivity index (χ4v) is 4.73. The minimum Gasteiger partial charge on any atom is -0.497 e. The van der Waals surface area contributed by atoms with Crippen molar-refractivity contribution in [2.24, 2.45) is 0 Å². The number of amides is 1. The third kappa shape index (κ3) is 5.72. The zero-order valence-corrected chi connectivity index (χ0v) is 18.9. The SMILES string of the molecule is COc1ccc(OC2CCN(C3CCCC3)CC2)c(C(=O)NCc2ccc(Cl)cc2)c1. The van der Waals surface area contributed by atoms with E-state index in [0.717, 1.165) is 37.5 Å². The number of carbonyl (C=O) groups excluding carboxylic acids is 1. The van der Waals surface area contributed by atoms with Crippen LogP contribution in [0.2, 0.25) is 5.02 Å². The Bertz CT molecular complexity index is 873. The van der Waals surface area contributed by atoms with E-state index in [1.165, 1.54) is 25.7 Å². The molecule has 1 heterocycles. The van der Waals surface area contributed by atoms with Gasteiger partial charge in [-0.2, -0.15) is 0 Å². The van der Waals surface area contributed by atoms with Gasteiger partial charge in [-0.25, -0.2) is 0 Å². The third-order valence-corrected chi connectivity index (χ3v) is 6.66. The van der Waals surface area contributed by atoms with Gasteiger partial charge in [0.05, 0.1) is 12.7 Å². The number of rotatable bonds is 7. The molecule has 5 nitrogen and oxygen atoms in total. The number of carbonyl (C=O) groups is 1. The van der Waals surface area contributed by atoms with Gasteiger partial charge < -0.3 is 19.7 Å². The lowest BCUT2D eigenvalue weighted by atomic mass is 10.0. The molecular formula is C25H31ClN2O3. The Hall–Kier alpha value is -2.24. The predicted octanol–water partition coefficient (Wildman–Crippen LogP) is 5.06. The summed E-state index contributed by atoms with van der Waals surface area (Å²) in [6.45, 7) is 2.57. The summed E-state index contributed by atoms with van der Waals surface area (Å²) in [4.78, 5) is 15.6. The van der Waals surface area contributed by atoms with Crippen LogP contribution in [0.15, 0.2) is 42.5 Å². The molecule has 2 fully saturated rings. The van der Waals surface area contributed by atoms with Crippen LogP contribution in [0.1, 0.15) is 54.4 Å². The van der Waals surface area contributed by atoms with Crippen LogP contribution in [0.5, 0.6) is 11.5 Å². The summed E-state index contributed by atoms with van der Waals surface area (Å²) in [5.74, 6) is 1.08. The van der Waals surface area contributed by atoms with Crippen LogP contribution in [-0.2, 0) is 6.54 Å². The lowest BCUT2D eigenvalue weighted by Gasteiger charge is -2.36. The molecule has 1 saturated carbocycles. The Labute approximate surface area is 189 Å². The van der Waals surface area contributed by atoms with Crippen molar-refractivity contribution in [3.05, 3.63) is 58.6 Å². The van der Waals surface area contributed by atoms with Gasteiger partial charge in [0.25, 0.3) is 5.91 Å². The van der Waals surface area contributed by atoms with Crippen LogP contribution in [0.4, 0.5) is 0 Å². The summed E-state index contributed by atoms with van der Waals surface area (Å²) in [7, 11) is 1.60. The average Bonchev–Trinajstić information content (AvgIpc) is 3.34. The fraction of sp³-hybridized carbons (Fsp3) is 0.480. The molecule has 2 aromatic rings. The zero-order valence-electron chi connectivity index (χ0n) is 18.1. The maximum Gasteiger partial charge on any atom is 0.255 e. The van der Waals surface area contributed by atoms with Crippen molar-refractivity contribution in [1.82, 2.24) is 10.2 Å². The highest BCUT2D eigenvalue weighted by Gasteiger charge is 2.28. The lowest BCUT2D eigenvalue weighted by Crippen LogP contribution is -2.43. The molecule has 0 unspecified atom stereocenters. The van der Waals surface area contributed by atoms with Gasteiger partial charge in [0.1, 0.15) is 17.6 Å². The molecule has 0 bridgehead atoms. The Morgan fingerprint density at radius 1 is 1.06 bits per heavy atom. The van der Waals surface area contributed by atoms with Crippen molar-refractivity contribution >= 4 is 17.5 Å². The number of benzene rings is 2. The van der Waals surface area contributed by atoms with E-state index in [1.807, 2.05) is 36.4 Å². The minimum absolute atomic E-state index is 0.133. The highest BCUT2D eigenvalue weighted by molar-refractivity contribution is 6.30. The monoisotopic (exact) mass is 442 g/mol. The molecular weight excluding hydrogens is 412 g/mol. The molecule has 1 aliphatic heterocycles. The van der Waals surface area contributed by atoms with Gasteiger partial charge in [-0.1, -0.05) is 36.6 Å². The topological polar surface area (TPSA) is 50.8 Å². The van der Waals surface area contributed by atoms with Crippen molar-refractivity contribution in [3.8, 4) is 11.5 Å². The number of halogens is 1. The van der Waals surface area contributed by atoms with E-state index in [-0.39, 0.29) is 12.0 Å². The molecule has 1 saturated heterocycles. The number of nitrogens with zero attached hydrogens (tertiary/aromatic N) is 1. The molecule has 2 aliphatic rings. The van der Waals surface area contributed by atoms with Crippen LogP contribution < -0.4 is 14.8 Å². The number of piperidine rings is 1. The maximum atomic E-state index is 13.0. The second-order valence-corrected chi connectivity index (χ2v) is 8.90. The van der Waals surface area contributed by atoms with Gasteiger partial charge in [0, 0.05) is 30.7 Å². The first-order valence-corrected chi connectivity index (χ1v) is 11.6. The van der Waals surface area contributed by atoms with Crippen molar-refractivity contribution in [1.29, 1.82) is 0 Å². The second-order valence-electron chi connectivity index (χ2n) is 8.46. The lowest BCUT2D eigenvalue weighted by molar-refractivity contribution is 0.0749. The highest BCUT2D eigenvalue weighted by Crippen LogP contribution is 2.30. The van der Waals surface area contributed by atoms with Gasteiger partial charge in [0.15, 0.2) is 0 Å². The first-order chi connectivity index (χ1) is 15.1. The van der Waals surface area contributed by atoms with Gasteiger partial charge in [-0.3, -0.25) is 4.79 Å². The summed E-state index contributed by atoms with van der Waals surface area (Å²) >= 11 is 5.94. The summed E-state index contributed by atoms with van der Waals surface area (Å²) in [5, 5.41) is 3.66. The van der Waals surface area contributed by atoms with Gasteiger partial charge in [-0.05, 0) is 61.6 Å². The largest absolute Gasteiger partial charge is 0.497 e. The van der Waals surface area contributed by atoms with Crippen LogP contribution in [-0.4, -0.2) is 43.2 Å². The highest BCUT2D eigenvalue weighted by atomic mass is 35.5. The Balaban J connectivity index is 1.39. The minimum atomic E-state index is -0.174. The van der Waals surface area contributed by atoms with Crippen LogP contribution in [0, 0.1) is 0 Å². The Kier molecular flexibility index (Phi) is 7.36. The van der Waals surface area contributed by atoms with Crippen LogP contribution >= 0.6 is 11.6 Å². The van der Waals surface area contributed by atoms with Crippen molar-refractivity contribution in [2.75, 3.05) is 20.2 Å². The standard InChI is InChI=1S/C25H31ClN2O3/c1-30-22-10-11-24(31-21-12-14-28(15-13-21)20-4-2-3-5-20)23(16-22)25(29)27-17-18-6-8-19(26)9-7-18/h6-11,16,20-21H,2-5,12-15,17H2,1H3,(H,27,29). The number of ether oxygens (including phenoxy) is 2. The van der Waals surface area contributed by atoms with Gasteiger partial charge in [-0.15, -0.1) is 0 Å². The second kappa shape index (κ2) is 10.4. The first kappa shape index (κ1) is 22.0. The molecule has 31 heavy (non-hydrogen) atoms. The Morgan fingerprint density at radius 3 is 2.45 bits per heavy atom. The predicted molar refractivity (Wildman–Crippen MR) is 123 cm³/mol. The maximum absolute atomic E-state index is 13.0. The number of methoxy groups -OCH3 is 1. The summed E-state index contributed by atoms with van der Waals surface area (Å²) in [6, 6.07) is 13.7. The van der Waals surface area contributed by atoms with Crippen molar-refractivity contribution in [3.63, 3.8) is 0 Å². The molecule has 1 aliphatic carbocycles. The molecule has 0 atom stereocenters. The van der Waals surface area contributed by atoms with E-state index in [2.05, 4.69) is 10.2 Å². The smallest absolute Gasteiger partial charge is 0.255 e. The third-order valence-electron chi connectivity index (χ3n) is 6.41. The van der Waals surface area contributed by atoms with Gasteiger partial charge in [0.2, 0.25) is 0 Å². The van der Waals surface area contributed by atoms with E-state index in [4.69, 9.17) is 21.1 Å². The normalized spacial score (nSPS) is 18.1. The summed E-state index contributed by atoms with van der Waals surface area (Å²) in [5.41, 5.74) is 1.49. The summed E-state index contributed by atoms with van der Waals surface area (Å²) < 4.78 is 11.7. The zero-order chi connectivity index (χ0) is 21.6. The molecule has 166 valence electrons. The van der Waals surface area contributed by atoms with E-state index in [1.54, 1.807) is 13.2 Å². The quantitative estimate of drug-likeness (QED) is 0.650. The molecule has 0 aromatic heterocycles. The number of nitrogens with one attached hydrogen (secondary N) is 1. The number of likely N-dealkylation sites (tertiary alicyclic amines) is 1. The molecule has 2 aromatic carbocycles. The number of hydrogen-bond donors (Lipinski definition) is 1. The van der Waals surface area contributed by atoms with E-state index >= 15 is 0 Å². The van der Waals surface area contributed by atoms with Crippen LogP contribution in [0.3, 0.4) is 0 Å². The van der Waals surface area contributed by atoms with Crippen molar-refractivity contribution in [2.45, 2.75) is 57.2 Å². The average molecular weight is 443 g/mol. The molecule has 0 spiro atoms. The van der Waals surface area contributed by atoms with Crippen LogP contribution in [0.25, 0.3) is 0 Å². The number of hydrogen-bond acceptors (Lipinski definition) is 4. The van der Waals surface area contributed by atoms with Crippen molar-refractivity contribution < 1.29 is 14.3 Å². The van der Waals surface area contributed by atoms with Gasteiger partial charge >= 0.3 is 0 Å². The van der Waals surface area contributed by atoms with E-state index in [9.17, 15) is 4.79 Å². The molecule has 4 rings (SSSR count). The molecule has 1 N–H and O–H groups in total. The summed E-state index contributed by atoms with van der Waals surface area (Å²) in [6.07, 6.45) is 7.52. The fourth-order valence-electron chi connectivity index (χ4n) is 4.60. The Morgan fingerprint density at radius 2 is 1.77 bits per heavy atom. The first-order valence-electron chi connectivity index (χ1n) is 11.2. The molecule has 0 radical (unpaired) electrons. The molecule has 6 heteroatoms. The molecule has 1 amide bonds. The van der Waals surface area contributed by atoms with E-state index in [0.29, 0.717) is 28.6 Å².